The molecule has 112 valence electrons. The summed E-state index contributed by atoms with van der Waals surface area (Å²) < 4.78 is 27.6. The highest BCUT2D eigenvalue weighted by molar-refractivity contribution is 9.10. The second-order valence-electron chi connectivity index (χ2n) is 4.26. The zero-order valence-electron chi connectivity index (χ0n) is 11.1. The molecule has 1 aromatic heterocycles. The van der Waals surface area contributed by atoms with Crippen molar-refractivity contribution in [2.75, 3.05) is 11.8 Å². The van der Waals surface area contributed by atoms with E-state index >= 15 is 0 Å². The van der Waals surface area contributed by atoms with E-state index in [2.05, 4.69) is 31.0 Å². The van der Waals surface area contributed by atoms with E-state index in [9.17, 15) is 8.42 Å². The number of hydrogen-bond donors (Lipinski definition) is 2. The van der Waals surface area contributed by atoms with Crippen molar-refractivity contribution in [2.45, 2.75) is 11.6 Å². The standard InChI is InChI=1S/C13H13BrClN3O2S/c1-16-7-9-2-5-13(17-8-9)21(19,20)18-12-4-3-10(15)6-11(12)14/h2-6,8,16,18H,7H2,1H3. The zero-order valence-corrected chi connectivity index (χ0v) is 14.3. The Bertz CT molecular complexity index is 736. The highest BCUT2D eigenvalue weighted by Gasteiger charge is 2.17. The second kappa shape index (κ2) is 6.74. The Labute approximate surface area is 136 Å². The molecule has 1 heterocycles. The van der Waals surface area contributed by atoms with Crippen LogP contribution in [0, 0.1) is 0 Å². The lowest BCUT2D eigenvalue weighted by molar-refractivity contribution is 0.597. The third kappa shape index (κ3) is 4.16. The van der Waals surface area contributed by atoms with Crippen molar-refractivity contribution in [1.82, 2.24) is 10.3 Å². The van der Waals surface area contributed by atoms with E-state index in [4.69, 9.17) is 11.6 Å². The quantitative estimate of drug-likeness (QED) is 0.823. The Morgan fingerprint density at radius 2 is 2.05 bits per heavy atom. The molecule has 1 aromatic carbocycles. The van der Waals surface area contributed by atoms with Gasteiger partial charge in [0.15, 0.2) is 5.03 Å². The topological polar surface area (TPSA) is 71.1 Å². The molecule has 0 saturated carbocycles. The Morgan fingerprint density at radius 3 is 2.62 bits per heavy atom. The molecule has 0 atom stereocenters. The molecule has 8 heteroatoms. The van der Waals surface area contributed by atoms with E-state index in [1.54, 1.807) is 24.3 Å². The van der Waals surface area contributed by atoms with Crippen LogP contribution in [0.15, 0.2) is 46.0 Å². The van der Waals surface area contributed by atoms with Gasteiger partial charge in [0.2, 0.25) is 0 Å². The third-order valence-corrected chi connectivity index (χ3v) is 4.80. The first-order valence-electron chi connectivity index (χ1n) is 6.00. The molecule has 0 unspecified atom stereocenters. The number of nitrogens with zero attached hydrogens (tertiary/aromatic N) is 1. The van der Waals surface area contributed by atoms with Crippen molar-refractivity contribution in [1.29, 1.82) is 0 Å². The summed E-state index contributed by atoms with van der Waals surface area (Å²) in [5.74, 6) is 0. The lowest BCUT2D eigenvalue weighted by atomic mass is 10.3. The number of nitrogens with one attached hydrogen (secondary N) is 2. The van der Waals surface area contributed by atoms with Crippen molar-refractivity contribution in [3.63, 3.8) is 0 Å². The van der Waals surface area contributed by atoms with E-state index in [-0.39, 0.29) is 5.03 Å². The van der Waals surface area contributed by atoms with Crippen molar-refractivity contribution in [3.8, 4) is 0 Å². The molecule has 0 fully saturated rings. The molecule has 0 amide bonds. The highest BCUT2D eigenvalue weighted by Crippen LogP contribution is 2.27. The maximum absolute atomic E-state index is 12.3. The molecule has 0 spiro atoms. The maximum Gasteiger partial charge on any atom is 0.279 e. The second-order valence-corrected chi connectivity index (χ2v) is 7.18. The number of pyridine rings is 1. The molecular weight excluding hydrogens is 378 g/mol. The normalized spacial score (nSPS) is 11.4. The Kier molecular flexibility index (Phi) is 5.21. The van der Waals surface area contributed by atoms with Crippen LogP contribution >= 0.6 is 27.5 Å². The number of halogens is 2. The van der Waals surface area contributed by atoms with Gasteiger partial charge in [-0.2, -0.15) is 8.42 Å². The van der Waals surface area contributed by atoms with Crippen LogP contribution in [0.1, 0.15) is 5.56 Å². The summed E-state index contributed by atoms with van der Waals surface area (Å²) in [6.07, 6.45) is 1.53. The predicted molar refractivity (Wildman–Crippen MR) is 87.0 cm³/mol. The minimum atomic E-state index is -3.73. The largest absolute Gasteiger partial charge is 0.316 e. The molecule has 2 N–H and O–H groups in total. The van der Waals surface area contributed by atoms with Crippen molar-refractivity contribution in [3.05, 3.63) is 51.6 Å². The molecule has 0 aliphatic heterocycles. The number of sulfonamides is 1. The Morgan fingerprint density at radius 1 is 1.29 bits per heavy atom. The fraction of sp³-hybridized carbons (Fsp3) is 0.154. The number of anilines is 1. The van der Waals surface area contributed by atoms with Crippen LogP contribution in [0.2, 0.25) is 5.02 Å². The smallest absolute Gasteiger partial charge is 0.279 e. The monoisotopic (exact) mass is 389 g/mol. The highest BCUT2D eigenvalue weighted by atomic mass is 79.9. The summed E-state index contributed by atoms with van der Waals surface area (Å²) >= 11 is 9.09. The average Bonchev–Trinajstić information content (AvgIpc) is 2.43. The van der Waals surface area contributed by atoms with Crippen LogP contribution in [-0.4, -0.2) is 20.4 Å². The van der Waals surface area contributed by atoms with Crippen LogP contribution in [0.25, 0.3) is 0 Å². The van der Waals surface area contributed by atoms with Gasteiger partial charge in [-0.15, -0.1) is 0 Å². The van der Waals surface area contributed by atoms with Crippen LogP contribution in [-0.2, 0) is 16.6 Å². The van der Waals surface area contributed by atoms with Gasteiger partial charge in [0.25, 0.3) is 10.0 Å². The zero-order chi connectivity index (χ0) is 15.5. The summed E-state index contributed by atoms with van der Waals surface area (Å²) in [6, 6.07) is 7.99. The SMILES string of the molecule is CNCc1ccc(S(=O)(=O)Nc2ccc(Cl)cc2Br)nc1. The van der Waals surface area contributed by atoms with Gasteiger partial charge in [0, 0.05) is 22.2 Å². The number of hydrogen-bond acceptors (Lipinski definition) is 4. The van der Waals surface area contributed by atoms with Crippen LogP contribution in [0.4, 0.5) is 5.69 Å². The molecule has 0 saturated heterocycles. The van der Waals surface area contributed by atoms with Gasteiger partial charge in [0.05, 0.1) is 5.69 Å². The van der Waals surface area contributed by atoms with Crippen LogP contribution in [0.5, 0.6) is 0 Å². The average molecular weight is 391 g/mol. The van der Waals surface area contributed by atoms with Gasteiger partial charge in [0.1, 0.15) is 0 Å². The lowest BCUT2D eigenvalue weighted by Crippen LogP contribution is -2.15. The number of benzene rings is 1. The van der Waals surface area contributed by atoms with Gasteiger partial charge >= 0.3 is 0 Å². The molecule has 0 aliphatic carbocycles. The van der Waals surface area contributed by atoms with Gasteiger partial charge < -0.3 is 5.32 Å². The maximum atomic E-state index is 12.3. The molecule has 2 aromatic rings. The van der Waals surface area contributed by atoms with Crippen LogP contribution in [0.3, 0.4) is 0 Å². The summed E-state index contributed by atoms with van der Waals surface area (Å²) in [7, 11) is -1.93. The summed E-state index contributed by atoms with van der Waals surface area (Å²) in [4.78, 5) is 3.98. The van der Waals surface area contributed by atoms with Crippen molar-refractivity contribution in [2.24, 2.45) is 0 Å². The van der Waals surface area contributed by atoms with Crippen molar-refractivity contribution >= 4 is 43.2 Å². The molecule has 0 aliphatic rings. The van der Waals surface area contributed by atoms with E-state index in [0.717, 1.165) is 5.56 Å². The number of aromatic nitrogens is 1. The first-order valence-corrected chi connectivity index (χ1v) is 8.65. The summed E-state index contributed by atoms with van der Waals surface area (Å²) in [5, 5.41) is 3.45. The third-order valence-electron chi connectivity index (χ3n) is 2.63. The first-order chi connectivity index (χ1) is 9.92. The van der Waals surface area contributed by atoms with Gasteiger partial charge in [-0.25, -0.2) is 4.98 Å². The van der Waals surface area contributed by atoms with Crippen LogP contribution < -0.4 is 10.0 Å². The molecule has 2 rings (SSSR count). The molecule has 5 nitrogen and oxygen atoms in total. The fourth-order valence-electron chi connectivity index (χ4n) is 1.65. The van der Waals surface area contributed by atoms with E-state index in [1.165, 1.54) is 12.3 Å². The van der Waals surface area contributed by atoms with E-state index in [1.807, 2.05) is 7.05 Å². The summed E-state index contributed by atoms with van der Waals surface area (Å²) in [6.45, 7) is 0.628. The van der Waals surface area contributed by atoms with E-state index < -0.39 is 10.0 Å². The van der Waals surface area contributed by atoms with E-state index in [0.29, 0.717) is 21.7 Å². The van der Waals surface area contributed by atoms with Gasteiger partial charge in [-0.3, -0.25) is 4.72 Å². The Hall–Kier alpha value is -1.15. The number of rotatable bonds is 5. The molecule has 21 heavy (non-hydrogen) atoms. The van der Waals surface area contributed by atoms with Gasteiger partial charge in [-0.05, 0) is 52.8 Å². The summed E-state index contributed by atoms with van der Waals surface area (Å²) in [5.41, 5.74) is 1.31. The lowest BCUT2D eigenvalue weighted by Gasteiger charge is -2.10. The first kappa shape index (κ1) is 16.2. The van der Waals surface area contributed by atoms with Gasteiger partial charge in [-0.1, -0.05) is 17.7 Å². The fourth-order valence-corrected chi connectivity index (χ4v) is 3.57. The molecule has 0 bridgehead atoms. The minimum absolute atomic E-state index is 0.0378. The minimum Gasteiger partial charge on any atom is -0.316 e. The predicted octanol–water partition coefficient (Wildman–Crippen LogP) is 3.02. The van der Waals surface area contributed by atoms with Crippen molar-refractivity contribution < 1.29 is 8.42 Å². The molecule has 0 radical (unpaired) electrons. The molecular formula is C13H13BrClN3O2S. The Balaban J connectivity index is 2.25.